The van der Waals surface area contributed by atoms with Crippen LogP contribution in [0.2, 0.25) is 0 Å². The van der Waals surface area contributed by atoms with E-state index in [2.05, 4.69) is 15.4 Å². The summed E-state index contributed by atoms with van der Waals surface area (Å²) in [5, 5.41) is 0. The standard InChI is InChI=1S/C13H14N6O2/c1-2-18-9-10(15-12(18)17-14)19(13(21)16-11(9)20)8-6-4-3-5-7-8/h3-7H,2,14H2,1H3,(H,15,17)(H,16,20,21). The Labute approximate surface area is 118 Å². The van der Waals surface area contributed by atoms with Gasteiger partial charge in [0, 0.05) is 6.54 Å². The summed E-state index contributed by atoms with van der Waals surface area (Å²) < 4.78 is 2.97. The number of nitrogen functional groups attached to an aromatic ring is 1. The van der Waals surface area contributed by atoms with Gasteiger partial charge in [-0.3, -0.25) is 15.2 Å². The molecule has 21 heavy (non-hydrogen) atoms. The molecule has 0 unspecified atom stereocenters. The van der Waals surface area contributed by atoms with Crippen molar-refractivity contribution in [2.45, 2.75) is 13.5 Å². The van der Waals surface area contributed by atoms with Gasteiger partial charge >= 0.3 is 5.69 Å². The fourth-order valence-electron chi connectivity index (χ4n) is 2.36. The number of anilines is 1. The fraction of sp³-hybridized carbons (Fsp3) is 0.154. The lowest BCUT2D eigenvalue weighted by Gasteiger charge is -2.06. The van der Waals surface area contributed by atoms with E-state index in [-0.39, 0.29) is 5.65 Å². The Kier molecular flexibility index (Phi) is 3.07. The lowest BCUT2D eigenvalue weighted by atomic mass is 10.3. The summed E-state index contributed by atoms with van der Waals surface area (Å²) in [4.78, 5) is 30.8. The summed E-state index contributed by atoms with van der Waals surface area (Å²) in [6.07, 6.45) is 0. The molecule has 0 aliphatic rings. The predicted octanol–water partition coefficient (Wildman–Crippen LogP) is 0.181. The maximum atomic E-state index is 12.2. The number of benzene rings is 1. The van der Waals surface area contributed by atoms with Gasteiger partial charge in [0.1, 0.15) is 0 Å². The van der Waals surface area contributed by atoms with Crippen LogP contribution >= 0.6 is 0 Å². The van der Waals surface area contributed by atoms with Gasteiger partial charge in [0.25, 0.3) is 5.56 Å². The van der Waals surface area contributed by atoms with Crippen molar-refractivity contribution < 1.29 is 0 Å². The molecular formula is C13H14N6O2. The molecule has 2 heterocycles. The highest BCUT2D eigenvalue weighted by atomic mass is 16.2. The smallest absolute Gasteiger partial charge is 0.304 e. The van der Waals surface area contributed by atoms with E-state index in [0.717, 1.165) is 0 Å². The van der Waals surface area contributed by atoms with E-state index in [1.54, 1.807) is 28.8 Å². The number of H-pyrrole nitrogens is 1. The minimum absolute atomic E-state index is 0.268. The Morgan fingerprint density at radius 3 is 2.62 bits per heavy atom. The number of rotatable bonds is 3. The van der Waals surface area contributed by atoms with E-state index < -0.39 is 11.2 Å². The molecule has 0 spiro atoms. The van der Waals surface area contributed by atoms with Crippen LogP contribution in [-0.2, 0) is 6.54 Å². The van der Waals surface area contributed by atoms with Crippen LogP contribution in [0, 0.1) is 0 Å². The quantitative estimate of drug-likeness (QED) is 0.470. The van der Waals surface area contributed by atoms with Crippen molar-refractivity contribution in [1.82, 2.24) is 19.1 Å². The van der Waals surface area contributed by atoms with Crippen LogP contribution in [0.15, 0.2) is 39.9 Å². The second kappa shape index (κ2) is 4.91. The molecule has 0 atom stereocenters. The highest BCUT2D eigenvalue weighted by molar-refractivity contribution is 5.75. The van der Waals surface area contributed by atoms with Crippen molar-refractivity contribution in [3.05, 3.63) is 51.2 Å². The Hall–Kier alpha value is -2.87. The summed E-state index contributed by atoms with van der Waals surface area (Å²) in [6, 6.07) is 8.98. The summed E-state index contributed by atoms with van der Waals surface area (Å²) in [5.41, 5.74) is 2.60. The maximum absolute atomic E-state index is 12.2. The summed E-state index contributed by atoms with van der Waals surface area (Å²) in [7, 11) is 0. The van der Waals surface area contributed by atoms with Crippen molar-refractivity contribution in [2.75, 3.05) is 5.43 Å². The van der Waals surface area contributed by atoms with Gasteiger partial charge in [0.2, 0.25) is 5.95 Å². The molecule has 8 heteroatoms. The van der Waals surface area contributed by atoms with Crippen molar-refractivity contribution in [2.24, 2.45) is 5.84 Å². The largest absolute Gasteiger partial charge is 0.334 e. The number of aromatic amines is 1. The number of aromatic nitrogens is 4. The molecular weight excluding hydrogens is 272 g/mol. The third kappa shape index (κ3) is 1.93. The predicted molar refractivity (Wildman–Crippen MR) is 79.4 cm³/mol. The first-order valence-corrected chi connectivity index (χ1v) is 6.45. The number of hydrazine groups is 1. The van der Waals surface area contributed by atoms with Crippen LogP contribution in [0.4, 0.5) is 5.95 Å². The van der Waals surface area contributed by atoms with Gasteiger partial charge in [-0.1, -0.05) is 18.2 Å². The first-order chi connectivity index (χ1) is 10.2. The van der Waals surface area contributed by atoms with E-state index in [4.69, 9.17) is 5.84 Å². The van der Waals surface area contributed by atoms with Gasteiger partial charge in [-0.15, -0.1) is 0 Å². The zero-order chi connectivity index (χ0) is 15.0. The maximum Gasteiger partial charge on any atom is 0.334 e. The number of hydrogen-bond donors (Lipinski definition) is 3. The molecule has 0 bridgehead atoms. The fourth-order valence-corrected chi connectivity index (χ4v) is 2.36. The van der Waals surface area contributed by atoms with Crippen molar-refractivity contribution >= 4 is 17.1 Å². The molecule has 0 saturated heterocycles. The molecule has 4 N–H and O–H groups in total. The number of hydrogen-bond acceptors (Lipinski definition) is 5. The summed E-state index contributed by atoms with van der Waals surface area (Å²) >= 11 is 0. The van der Waals surface area contributed by atoms with Crippen LogP contribution in [0.1, 0.15) is 6.92 Å². The number of nitrogens with zero attached hydrogens (tertiary/aromatic N) is 3. The molecule has 3 aromatic rings. The number of fused-ring (bicyclic) bond motifs is 1. The van der Waals surface area contributed by atoms with Crippen LogP contribution in [-0.4, -0.2) is 19.1 Å². The van der Waals surface area contributed by atoms with Gasteiger partial charge in [-0.25, -0.2) is 15.2 Å². The van der Waals surface area contributed by atoms with E-state index >= 15 is 0 Å². The van der Waals surface area contributed by atoms with Gasteiger partial charge in [-0.2, -0.15) is 4.98 Å². The minimum Gasteiger partial charge on any atom is -0.304 e. The number of nitrogens with one attached hydrogen (secondary N) is 2. The molecule has 0 saturated carbocycles. The average molecular weight is 286 g/mol. The molecule has 3 rings (SSSR count). The topological polar surface area (TPSA) is 111 Å². The lowest BCUT2D eigenvalue weighted by molar-refractivity contribution is 0.785. The minimum atomic E-state index is -0.539. The Balaban J connectivity index is 2.49. The normalized spacial score (nSPS) is 11.0. The molecule has 8 nitrogen and oxygen atoms in total. The molecule has 0 aliphatic heterocycles. The molecule has 1 aromatic carbocycles. The first-order valence-electron chi connectivity index (χ1n) is 6.45. The highest BCUT2D eigenvalue weighted by Crippen LogP contribution is 2.17. The van der Waals surface area contributed by atoms with E-state index in [9.17, 15) is 9.59 Å². The van der Waals surface area contributed by atoms with Gasteiger partial charge in [0.05, 0.1) is 5.69 Å². The molecule has 2 aromatic heterocycles. The molecule has 0 aliphatic carbocycles. The van der Waals surface area contributed by atoms with Gasteiger partial charge in [0.15, 0.2) is 11.2 Å². The molecule has 0 amide bonds. The van der Waals surface area contributed by atoms with Crippen LogP contribution in [0.5, 0.6) is 0 Å². The summed E-state index contributed by atoms with van der Waals surface area (Å²) in [5.74, 6) is 5.76. The number of para-hydroxylation sites is 1. The Morgan fingerprint density at radius 1 is 1.29 bits per heavy atom. The zero-order valence-electron chi connectivity index (χ0n) is 11.3. The third-order valence-corrected chi connectivity index (χ3v) is 3.26. The third-order valence-electron chi connectivity index (χ3n) is 3.26. The Bertz CT molecular complexity index is 906. The van der Waals surface area contributed by atoms with Crippen LogP contribution in [0.25, 0.3) is 16.9 Å². The van der Waals surface area contributed by atoms with Crippen LogP contribution < -0.4 is 22.5 Å². The average Bonchev–Trinajstić information content (AvgIpc) is 2.87. The van der Waals surface area contributed by atoms with Crippen molar-refractivity contribution in [3.63, 3.8) is 0 Å². The summed E-state index contributed by atoms with van der Waals surface area (Å²) in [6.45, 7) is 2.35. The second-order valence-electron chi connectivity index (χ2n) is 4.43. The lowest BCUT2D eigenvalue weighted by Crippen LogP contribution is -2.30. The molecule has 108 valence electrons. The zero-order valence-corrected chi connectivity index (χ0v) is 11.3. The van der Waals surface area contributed by atoms with E-state index in [0.29, 0.717) is 23.7 Å². The van der Waals surface area contributed by atoms with E-state index in [1.807, 2.05) is 13.0 Å². The van der Waals surface area contributed by atoms with Gasteiger partial charge in [-0.05, 0) is 19.1 Å². The second-order valence-corrected chi connectivity index (χ2v) is 4.43. The van der Waals surface area contributed by atoms with Crippen LogP contribution in [0.3, 0.4) is 0 Å². The Morgan fingerprint density at radius 2 is 2.00 bits per heavy atom. The van der Waals surface area contributed by atoms with Gasteiger partial charge < -0.3 is 4.57 Å². The molecule has 0 fully saturated rings. The molecule has 0 radical (unpaired) electrons. The van der Waals surface area contributed by atoms with E-state index in [1.165, 1.54) is 4.57 Å². The number of aryl methyl sites for hydroxylation is 1. The SMILES string of the molecule is CCn1c(NN)nc2c1c(=O)[nH]c(=O)n2-c1ccccc1. The number of nitrogens with two attached hydrogens (primary N) is 1. The highest BCUT2D eigenvalue weighted by Gasteiger charge is 2.17. The van der Waals surface area contributed by atoms with Crippen molar-refractivity contribution in [3.8, 4) is 5.69 Å². The monoisotopic (exact) mass is 286 g/mol. The number of imidazole rings is 1. The van der Waals surface area contributed by atoms with Crippen molar-refractivity contribution in [1.29, 1.82) is 0 Å². The first kappa shape index (κ1) is 13.1.